The maximum Gasteiger partial charge on any atom is 0.119 e. The predicted octanol–water partition coefficient (Wildman–Crippen LogP) is 7.21. The van der Waals surface area contributed by atoms with Gasteiger partial charge in [0.1, 0.15) is 18.1 Å². The van der Waals surface area contributed by atoms with Crippen LogP contribution in [0.1, 0.15) is 71.8 Å². The minimum atomic E-state index is 0.213. The van der Waals surface area contributed by atoms with Crippen LogP contribution < -0.4 is 14.8 Å². The molecule has 0 bridgehead atoms. The van der Waals surface area contributed by atoms with Gasteiger partial charge in [0.05, 0.1) is 6.61 Å². The molecule has 2 aromatic carbocycles. The summed E-state index contributed by atoms with van der Waals surface area (Å²) in [6.07, 6.45) is 7.43. The van der Waals surface area contributed by atoms with Crippen LogP contribution in [-0.4, -0.2) is 19.8 Å². The Morgan fingerprint density at radius 2 is 1.31 bits per heavy atom. The van der Waals surface area contributed by atoms with E-state index in [4.69, 9.17) is 9.47 Å². The highest BCUT2D eigenvalue weighted by molar-refractivity contribution is 5.46. The van der Waals surface area contributed by atoms with Crippen LogP contribution in [0.25, 0.3) is 0 Å². The first-order chi connectivity index (χ1) is 14.0. The number of hydrogen-bond acceptors (Lipinski definition) is 3. The summed E-state index contributed by atoms with van der Waals surface area (Å²) in [5.74, 6) is 1.86. The van der Waals surface area contributed by atoms with Gasteiger partial charge in [-0.1, -0.05) is 65.5 Å². The van der Waals surface area contributed by atoms with E-state index in [-0.39, 0.29) is 5.41 Å². The molecule has 29 heavy (non-hydrogen) atoms. The molecule has 0 radical (unpaired) electrons. The van der Waals surface area contributed by atoms with Crippen molar-refractivity contribution in [3.05, 3.63) is 54.1 Å². The van der Waals surface area contributed by atoms with Gasteiger partial charge < -0.3 is 14.8 Å². The van der Waals surface area contributed by atoms with Gasteiger partial charge in [0.15, 0.2) is 0 Å². The molecule has 0 aliphatic carbocycles. The Balaban J connectivity index is 1.64. The SMILES string of the molecule is CCCCCCCOc1ccc(NCCOc2ccc(C(C)(C)CC)cc2)cc1. The van der Waals surface area contributed by atoms with E-state index < -0.39 is 0 Å². The van der Waals surface area contributed by atoms with Gasteiger partial charge in [-0.25, -0.2) is 0 Å². The van der Waals surface area contributed by atoms with E-state index in [1.165, 1.54) is 31.2 Å². The molecule has 0 heterocycles. The molecule has 2 aromatic rings. The Morgan fingerprint density at radius 1 is 0.724 bits per heavy atom. The molecule has 1 N–H and O–H groups in total. The fourth-order valence-corrected chi connectivity index (χ4v) is 3.14. The van der Waals surface area contributed by atoms with Crippen LogP contribution in [0.5, 0.6) is 11.5 Å². The normalized spacial score (nSPS) is 11.3. The van der Waals surface area contributed by atoms with E-state index in [0.717, 1.165) is 43.2 Å². The van der Waals surface area contributed by atoms with Gasteiger partial charge in [0.25, 0.3) is 0 Å². The molecule has 0 saturated carbocycles. The maximum absolute atomic E-state index is 5.86. The zero-order valence-electron chi connectivity index (χ0n) is 18.8. The summed E-state index contributed by atoms with van der Waals surface area (Å²) in [4.78, 5) is 0. The first kappa shape index (κ1) is 23.1. The van der Waals surface area contributed by atoms with Crippen LogP contribution in [-0.2, 0) is 5.41 Å². The first-order valence-electron chi connectivity index (χ1n) is 11.2. The van der Waals surface area contributed by atoms with Crippen molar-refractivity contribution < 1.29 is 9.47 Å². The van der Waals surface area contributed by atoms with E-state index in [1.54, 1.807) is 0 Å². The Labute approximate surface area is 177 Å². The molecule has 0 aromatic heterocycles. The third kappa shape index (κ3) is 8.39. The molecule has 3 nitrogen and oxygen atoms in total. The average Bonchev–Trinajstić information content (AvgIpc) is 2.75. The number of ether oxygens (including phenoxy) is 2. The van der Waals surface area contributed by atoms with Gasteiger partial charge in [-0.2, -0.15) is 0 Å². The number of rotatable bonds is 14. The van der Waals surface area contributed by atoms with E-state index in [2.05, 4.69) is 69.4 Å². The lowest BCUT2D eigenvalue weighted by molar-refractivity contribution is 0.304. The molecule has 0 aliphatic heterocycles. The molecule has 0 spiro atoms. The van der Waals surface area contributed by atoms with Crippen molar-refractivity contribution in [2.45, 2.75) is 71.6 Å². The smallest absolute Gasteiger partial charge is 0.119 e. The molecule has 0 amide bonds. The van der Waals surface area contributed by atoms with Crippen LogP contribution in [0.15, 0.2) is 48.5 Å². The van der Waals surface area contributed by atoms with E-state index in [0.29, 0.717) is 6.61 Å². The lowest BCUT2D eigenvalue weighted by Crippen LogP contribution is -2.15. The zero-order valence-corrected chi connectivity index (χ0v) is 18.8. The Bertz CT molecular complexity index is 677. The molecule has 160 valence electrons. The summed E-state index contributed by atoms with van der Waals surface area (Å²) >= 11 is 0. The van der Waals surface area contributed by atoms with Crippen molar-refractivity contribution in [3.8, 4) is 11.5 Å². The highest BCUT2D eigenvalue weighted by Gasteiger charge is 2.17. The quantitative estimate of drug-likeness (QED) is 0.341. The summed E-state index contributed by atoms with van der Waals surface area (Å²) in [6.45, 7) is 11.2. The predicted molar refractivity (Wildman–Crippen MR) is 124 cm³/mol. The second kappa shape index (κ2) is 12.4. The van der Waals surface area contributed by atoms with E-state index >= 15 is 0 Å². The third-order valence-corrected chi connectivity index (χ3v) is 5.59. The zero-order chi connectivity index (χ0) is 21.0. The average molecular weight is 398 g/mol. The molecule has 2 rings (SSSR count). The number of anilines is 1. The Hall–Kier alpha value is -2.16. The Morgan fingerprint density at radius 3 is 1.93 bits per heavy atom. The number of nitrogens with one attached hydrogen (secondary N) is 1. The van der Waals surface area contributed by atoms with E-state index in [9.17, 15) is 0 Å². The van der Waals surface area contributed by atoms with Gasteiger partial charge in [0, 0.05) is 12.2 Å². The lowest BCUT2D eigenvalue weighted by atomic mass is 9.82. The summed E-state index contributed by atoms with van der Waals surface area (Å²) in [7, 11) is 0. The summed E-state index contributed by atoms with van der Waals surface area (Å²) in [6, 6.07) is 16.7. The van der Waals surface area contributed by atoms with Crippen LogP contribution in [0, 0.1) is 0 Å². The van der Waals surface area contributed by atoms with Crippen LogP contribution in [0.2, 0.25) is 0 Å². The number of benzene rings is 2. The van der Waals surface area contributed by atoms with Crippen LogP contribution >= 0.6 is 0 Å². The van der Waals surface area contributed by atoms with Crippen molar-refractivity contribution in [2.24, 2.45) is 0 Å². The standard InChI is InChI=1S/C26H39NO2/c1-5-7-8-9-10-20-28-25-17-13-23(14-18-25)27-19-21-29-24-15-11-22(12-16-24)26(3,4)6-2/h11-18,27H,5-10,19-21H2,1-4H3. The van der Waals surface area contributed by atoms with Crippen LogP contribution in [0.4, 0.5) is 5.69 Å². The lowest BCUT2D eigenvalue weighted by Gasteiger charge is -2.23. The number of unbranched alkanes of at least 4 members (excludes halogenated alkanes) is 4. The first-order valence-corrected chi connectivity index (χ1v) is 11.2. The van der Waals surface area contributed by atoms with Crippen molar-refractivity contribution in [1.29, 1.82) is 0 Å². The van der Waals surface area contributed by atoms with Crippen molar-refractivity contribution in [1.82, 2.24) is 0 Å². The largest absolute Gasteiger partial charge is 0.494 e. The monoisotopic (exact) mass is 397 g/mol. The van der Waals surface area contributed by atoms with Crippen LogP contribution in [0.3, 0.4) is 0 Å². The van der Waals surface area contributed by atoms with Crippen molar-refractivity contribution in [3.63, 3.8) is 0 Å². The summed E-state index contributed by atoms with van der Waals surface area (Å²) in [5.41, 5.74) is 2.66. The van der Waals surface area contributed by atoms with Crippen molar-refractivity contribution in [2.75, 3.05) is 25.1 Å². The summed E-state index contributed by atoms with van der Waals surface area (Å²) in [5, 5.41) is 3.40. The van der Waals surface area contributed by atoms with Gasteiger partial charge in [0.2, 0.25) is 0 Å². The maximum atomic E-state index is 5.86. The van der Waals surface area contributed by atoms with Gasteiger partial charge >= 0.3 is 0 Å². The fourth-order valence-electron chi connectivity index (χ4n) is 3.14. The molecular formula is C26H39NO2. The minimum absolute atomic E-state index is 0.213. The molecular weight excluding hydrogens is 358 g/mol. The summed E-state index contributed by atoms with van der Waals surface area (Å²) < 4.78 is 11.7. The molecule has 0 fully saturated rings. The second-order valence-corrected chi connectivity index (χ2v) is 8.32. The molecule has 3 heteroatoms. The number of hydrogen-bond donors (Lipinski definition) is 1. The molecule has 0 atom stereocenters. The van der Waals surface area contributed by atoms with E-state index in [1.807, 2.05) is 12.1 Å². The topological polar surface area (TPSA) is 30.5 Å². The van der Waals surface area contributed by atoms with Gasteiger partial charge in [-0.3, -0.25) is 0 Å². The highest BCUT2D eigenvalue weighted by Crippen LogP contribution is 2.28. The highest BCUT2D eigenvalue weighted by atomic mass is 16.5. The third-order valence-electron chi connectivity index (χ3n) is 5.59. The van der Waals surface area contributed by atoms with Gasteiger partial charge in [-0.15, -0.1) is 0 Å². The molecule has 0 unspecified atom stereocenters. The minimum Gasteiger partial charge on any atom is -0.494 e. The molecule has 0 saturated heterocycles. The van der Waals surface area contributed by atoms with Crippen molar-refractivity contribution >= 4 is 5.69 Å². The molecule has 0 aliphatic rings. The van der Waals surface area contributed by atoms with Gasteiger partial charge in [-0.05, 0) is 60.2 Å². The fraction of sp³-hybridized carbons (Fsp3) is 0.538. The second-order valence-electron chi connectivity index (χ2n) is 8.32. The Kier molecular flexibility index (Phi) is 9.90.